The van der Waals surface area contributed by atoms with Crippen LogP contribution in [0.3, 0.4) is 0 Å². The van der Waals surface area contributed by atoms with Crippen LogP contribution in [-0.2, 0) is 30.7 Å². The largest absolute Gasteiger partial charge is 0.396 e. The number of anilines is 1. The molecule has 0 aliphatic carbocycles. The normalized spacial score (nSPS) is 14.4. The number of benzene rings is 1. The van der Waals surface area contributed by atoms with Crippen LogP contribution in [0.5, 0.6) is 0 Å². The number of hydrogen-bond donors (Lipinski definition) is 3. The third kappa shape index (κ3) is 5.39. The van der Waals surface area contributed by atoms with Crippen LogP contribution in [0.15, 0.2) is 30.5 Å². The number of fused-ring (bicyclic) bond motifs is 1. The summed E-state index contributed by atoms with van der Waals surface area (Å²) in [6.07, 6.45) is 6.06. The average Bonchev–Trinajstić information content (AvgIpc) is 3.30. The smallest absolute Gasteiger partial charge is 0.251 e. The van der Waals surface area contributed by atoms with Crippen molar-refractivity contribution in [1.29, 1.82) is 0 Å². The van der Waals surface area contributed by atoms with E-state index in [0.29, 0.717) is 18.2 Å². The van der Waals surface area contributed by atoms with E-state index >= 15 is 0 Å². The van der Waals surface area contributed by atoms with Crippen molar-refractivity contribution in [2.45, 2.75) is 65.1 Å². The summed E-state index contributed by atoms with van der Waals surface area (Å²) in [5.74, 6) is -0.114. The minimum absolute atomic E-state index is 0.114. The summed E-state index contributed by atoms with van der Waals surface area (Å²) in [5, 5.41) is 21.4. The highest BCUT2D eigenvalue weighted by Crippen LogP contribution is 2.31. The van der Waals surface area contributed by atoms with Crippen LogP contribution in [0.25, 0.3) is 11.0 Å². The van der Waals surface area contributed by atoms with E-state index in [-0.39, 0.29) is 12.5 Å². The number of aryl methyl sites for hydroxylation is 3. The quantitative estimate of drug-likeness (QED) is 0.424. The van der Waals surface area contributed by atoms with Crippen LogP contribution >= 0.6 is 0 Å². The maximum Gasteiger partial charge on any atom is 0.251 e. The highest BCUT2D eigenvalue weighted by Gasteiger charge is 2.22. The Morgan fingerprint density at radius 3 is 2.65 bits per heavy atom. The van der Waals surface area contributed by atoms with Gasteiger partial charge in [-0.2, -0.15) is 5.10 Å². The molecule has 1 saturated heterocycles. The minimum atomic E-state index is -0.114. The van der Waals surface area contributed by atoms with Crippen molar-refractivity contribution in [2.75, 3.05) is 25.1 Å². The van der Waals surface area contributed by atoms with E-state index in [1.165, 1.54) is 0 Å². The molecule has 4 rings (SSSR count). The topological polar surface area (TPSA) is 101 Å². The average molecular weight is 466 g/mol. The molecular weight excluding hydrogens is 430 g/mol. The fraction of sp³-hybridized carbons (Fsp3) is 0.500. The van der Waals surface area contributed by atoms with Gasteiger partial charge in [0, 0.05) is 55.8 Å². The summed E-state index contributed by atoms with van der Waals surface area (Å²) in [7, 11) is 0. The van der Waals surface area contributed by atoms with Crippen LogP contribution in [0.2, 0.25) is 0 Å². The van der Waals surface area contributed by atoms with E-state index in [0.717, 1.165) is 85.4 Å². The van der Waals surface area contributed by atoms with Gasteiger partial charge in [-0.05, 0) is 56.7 Å². The van der Waals surface area contributed by atoms with Gasteiger partial charge in [-0.1, -0.05) is 19.1 Å². The first-order chi connectivity index (χ1) is 16.6. The lowest BCUT2D eigenvalue weighted by Gasteiger charge is -2.26. The summed E-state index contributed by atoms with van der Waals surface area (Å²) < 4.78 is 7.46. The second-order valence-corrected chi connectivity index (χ2v) is 8.70. The third-order valence-electron chi connectivity index (χ3n) is 6.44. The standard InChI is InChI=1S/C26H35N5O3/c1-3-23-21(16-27-26(33)19-9-7-18(8-10-19)6-5-13-32)24(29-20-11-14-34-15-12-20)22-17-28-31(4-2)25(22)30-23/h7-10,17,20,32H,3-6,11-16H2,1-2H3,(H,27,33)(H,29,30). The molecule has 1 amide bonds. The number of nitrogens with one attached hydrogen (secondary N) is 2. The lowest BCUT2D eigenvalue weighted by molar-refractivity contribution is 0.0904. The van der Waals surface area contributed by atoms with E-state index < -0.39 is 0 Å². The van der Waals surface area contributed by atoms with Gasteiger partial charge in [0.15, 0.2) is 5.65 Å². The summed E-state index contributed by atoms with van der Waals surface area (Å²) in [6.45, 7) is 6.97. The van der Waals surface area contributed by atoms with Gasteiger partial charge in [-0.15, -0.1) is 0 Å². The molecule has 1 aliphatic rings. The van der Waals surface area contributed by atoms with Gasteiger partial charge in [0.25, 0.3) is 5.91 Å². The van der Waals surface area contributed by atoms with Crippen LogP contribution < -0.4 is 10.6 Å². The number of nitrogens with zero attached hydrogens (tertiary/aromatic N) is 3. The van der Waals surface area contributed by atoms with Crippen molar-refractivity contribution in [3.05, 3.63) is 52.8 Å². The highest BCUT2D eigenvalue weighted by molar-refractivity contribution is 5.95. The first-order valence-electron chi connectivity index (χ1n) is 12.3. The first kappa shape index (κ1) is 24.2. The van der Waals surface area contributed by atoms with Gasteiger partial charge in [0.05, 0.1) is 17.3 Å². The van der Waals surface area contributed by atoms with Crippen molar-refractivity contribution >= 4 is 22.6 Å². The molecule has 1 fully saturated rings. The number of pyridine rings is 1. The second-order valence-electron chi connectivity index (χ2n) is 8.70. The molecule has 8 heteroatoms. The van der Waals surface area contributed by atoms with Gasteiger partial charge in [0.2, 0.25) is 0 Å². The lowest BCUT2D eigenvalue weighted by Crippen LogP contribution is -2.30. The van der Waals surface area contributed by atoms with Crippen LogP contribution in [0.1, 0.15) is 60.3 Å². The summed E-state index contributed by atoms with van der Waals surface area (Å²) in [5.41, 5.74) is 5.62. The number of amides is 1. The highest BCUT2D eigenvalue weighted by atomic mass is 16.5. The van der Waals surface area contributed by atoms with Gasteiger partial charge < -0.3 is 20.5 Å². The number of carbonyl (C=O) groups excluding carboxylic acids is 1. The number of rotatable bonds is 10. The zero-order chi connectivity index (χ0) is 23.9. The summed E-state index contributed by atoms with van der Waals surface area (Å²) in [6, 6.07) is 7.91. The van der Waals surface area contributed by atoms with Crippen LogP contribution in [0, 0.1) is 0 Å². The molecule has 182 valence electrons. The third-order valence-corrected chi connectivity index (χ3v) is 6.44. The Kier molecular flexibility index (Phi) is 8.13. The number of aliphatic hydroxyl groups excluding tert-OH is 1. The monoisotopic (exact) mass is 465 g/mol. The SMILES string of the molecule is CCc1nc2c(cnn2CC)c(NC2CCOCC2)c1CNC(=O)c1ccc(CCCO)cc1. The van der Waals surface area contributed by atoms with Crippen LogP contribution in [-0.4, -0.2) is 51.6 Å². The maximum absolute atomic E-state index is 12.9. The number of ether oxygens (including phenoxy) is 1. The molecule has 3 heterocycles. The number of hydrogen-bond acceptors (Lipinski definition) is 6. The molecule has 0 unspecified atom stereocenters. The van der Waals surface area contributed by atoms with Crippen molar-refractivity contribution in [3.8, 4) is 0 Å². The van der Waals surface area contributed by atoms with Crippen LogP contribution in [0.4, 0.5) is 5.69 Å². The van der Waals surface area contributed by atoms with Gasteiger partial charge >= 0.3 is 0 Å². The molecule has 2 aromatic heterocycles. The molecule has 3 N–H and O–H groups in total. The zero-order valence-corrected chi connectivity index (χ0v) is 20.1. The Hall–Kier alpha value is -2.97. The molecule has 1 aromatic carbocycles. The van der Waals surface area contributed by atoms with E-state index in [2.05, 4.69) is 29.6 Å². The summed E-state index contributed by atoms with van der Waals surface area (Å²) in [4.78, 5) is 17.9. The fourth-order valence-electron chi connectivity index (χ4n) is 4.48. The minimum Gasteiger partial charge on any atom is -0.396 e. The maximum atomic E-state index is 12.9. The molecule has 0 bridgehead atoms. The molecular formula is C26H35N5O3. The Morgan fingerprint density at radius 2 is 1.97 bits per heavy atom. The fourth-order valence-corrected chi connectivity index (χ4v) is 4.48. The molecule has 0 atom stereocenters. The van der Waals surface area contributed by atoms with Crippen molar-refractivity contribution < 1.29 is 14.6 Å². The predicted molar refractivity (Wildman–Crippen MR) is 133 cm³/mol. The summed E-state index contributed by atoms with van der Waals surface area (Å²) >= 11 is 0. The van der Waals surface area contributed by atoms with E-state index in [1.807, 2.05) is 35.1 Å². The Balaban J connectivity index is 1.59. The first-order valence-corrected chi connectivity index (χ1v) is 12.3. The molecule has 0 radical (unpaired) electrons. The predicted octanol–water partition coefficient (Wildman–Crippen LogP) is 3.46. The van der Waals surface area contributed by atoms with Crippen molar-refractivity contribution in [2.24, 2.45) is 0 Å². The van der Waals surface area contributed by atoms with Crippen molar-refractivity contribution in [1.82, 2.24) is 20.1 Å². The number of aromatic nitrogens is 3. The molecule has 8 nitrogen and oxygen atoms in total. The van der Waals surface area contributed by atoms with E-state index in [1.54, 1.807) is 0 Å². The van der Waals surface area contributed by atoms with E-state index in [4.69, 9.17) is 14.8 Å². The Morgan fingerprint density at radius 1 is 1.21 bits per heavy atom. The number of carbonyl (C=O) groups is 1. The zero-order valence-electron chi connectivity index (χ0n) is 20.1. The number of aliphatic hydroxyl groups is 1. The molecule has 1 aliphatic heterocycles. The molecule has 0 saturated carbocycles. The van der Waals surface area contributed by atoms with E-state index in [9.17, 15) is 4.79 Å². The molecule has 34 heavy (non-hydrogen) atoms. The second kappa shape index (κ2) is 11.4. The molecule has 3 aromatic rings. The van der Waals surface area contributed by atoms with Gasteiger partial charge in [-0.25, -0.2) is 9.67 Å². The molecule has 0 spiro atoms. The van der Waals surface area contributed by atoms with Crippen molar-refractivity contribution in [3.63, 3.8) is 0 Å². The Bertz CT molecular complexity index is 1100. The Labute approximate surface area is 200 Å². The van der Waals surface area contributed by atoms with Gasteiger partial charge in [0.1, 0.15) is 0 Å². The van der Waals surface area contributed by atoms with Gasteiger partial charge in [-0.3, -0.25) is 4.79 Å². The lowest BCUT2D eigenvalue weighted by atomic mass is 10.0.